The fourth-order valence-corrected chi connectivity index (χ4v) is 4.07. The fraction of sp³-hybridized carbons (Fsp3) is 0.583. The molecule has 5 nitrogen and oxygen atoms in total. The van der Waals surface area contributed by atoms with E-state index in [-0.39, 0.29) is 28.8 Å². The van der Waals surface area contributed by atoms with Crippen LogP contribution in [0, 0.1) is 5.41 Å². The molecular formula is C12H19Cl2N3O2S. The van der Waals surface area contributed by atoms with Crippen LogP contribution in [0.2, 0.25) is 5.02 Å². The number of aromatic nitrogens is 1. The average molecular weight is 340 g/mol. The second-order valence-corrected chi connectivity index (χ2v) is 7.94. The quantitative estimate of drug-likeness (QED) is 0.892. The van der Waals surface area contributed by atoms with Gasteiger partial charge in [-0.3, -0.25) is 4.98 Å². The van der Waals surface area contributed by atoms with E-state index >= 15 is 0 Å². The van der Waals surface area contributed by atoms with Gasteiger partial charge >= 0.3 is 0 Å². The Kier molecular flexibility index (Phi) is 5.43. The van der Waals surface area contributed by atoms with Gasteiger partial charge in [-0.2, -0.15) is 4.31 Å². The first-order valence-corrected chi connectivity index (χ1v) is 7.91. The Morgan fingerprint density at radius 2 is 2.10 bits per heavy atom. The predicted molar refractivity (Wildman–Crippen MR) is 81.6 cm³/mol. The van der Waals surface area contributed by atoms with Gasteiger partial charge in [0.15, 0.2) is 0 Å². The molecular weight excluding hydrogens is 321 g/mol. The molecule has 1 unspecified atom stereocenters. The van der Waals surface area contributed by atoms with Gasteiger partial charge in [0.1, 0.15) is 4.90 Å². The molecule has 0 radical (unpaired) electrons. The van der Waals surface area contributed by atoms with Gasteiger partial charge in [0.2, 0.25) is 10.0 Å². The molecule has 1 aliphatic heterocycles. The van der Waals surface area contributed by atoms with Crippen molar-refractivity contribution in [3.8, 4) is 0 Å². The molecule has 2 N–H and O–H groups in total. The Morgan fingerprint density at radius 3 is 2.65 bits per heavy atom. The molecule has 2 rings (SSSR count). The van der Waals surface area contributed by atoms with Gasteiger partial charge in [-0.25, -0.2) is 8.42 Å². The molecule has 0 aromatic carbocycles. The SMILES string of the molecule is CC1(C)CN(S(=O)(=O)c2cncc(Cl)c2)CCC1N.Cl. The summed E-state index contributed by atoms with van der Waals surface area (Å²) >= 11 is 5.80. The molecule has 1 saturated heterocycles. The lowest BCUT2D eigenvalue weighted by Gasteiger charge is -2.41. The van der Waals surface area contributed by atoms with Crippen LogP contribution >= 0.6 is 24.0 Å². The van der Waals surface area contributed by atoms with Crippen molar-refractivity contribution in [2.75, 3.05) is 13.1 Å². The highest BCUT2D eigenvalue weighted by molar-refractivity contribution is 7.89. The number of nitrogens with zero attached hydrogens (tertiary/aromatic N) is 2. The van der Waals surface area contributed by atoms with Crippen LogP contribution in [-0.4, -0.2) is 36.8 Å². The van der Waals surface area contributed by atoms with E-state index in [0.717, 1.165) is 0 Å². The Balaban J connectivity index is 0.00000200. The standard InChI is InChI=1S/C12H18ClN3O2S.ClH/c1-12(2)8-16(4-3-11(12)14)19(17,18)10-5-9(13)6-15-7-10;/h5-7,11H,3-4,8,14H2,1-2H3;1H. The molecule has 1 fully saturated rings. The summed E-state index contributed by atoms with van der Waals surface area (Å²) in [5.74, 6) is 0. The Bertz CT molecular complexity index is 578. The smallest absolute Gasteiger partial charge is 0.244 e. The number of rotatable bonds is 2. The second-order valence-electron chi connectivity index (χ2n) is 5.56. The summed E-state index contributed by atoms with van der Waals surface area (Å²) in [7, 11) is -3.55. The van der Waals surface area contributed by atoms with Gasteiger partial charge in [-0.1, -0.05) is 25.4 Å². The summed E-state index contributed by atoms with van der Waals surface area (Å²) in [6.45, 7) is 4.80. The van der Waals surface area contributed by atoms with Crippen LogP contribution in [0.1, 0.15) is 20.3 Å². The largest absolute Gasteiger partial charge is 0.327 e. The van der Waals surface area contributed by atoms with Crippen LogP contribution in [0.5, 0.6) is 0 Å². The summed E-state index contributed by atoms with van der Waals surface area (Å²) < 4.78 is 26.5. The third-order valence-electron chi connectivity index (χ3n) is 3.59. The van der Waals surface area contributed by atoms with E-state index in [1.54, 1.807) is 0 Å². The van der Waals surface area contributed by atoms with E-state index in [4.69, 9.17) is 17.3 Å². The third-order valence-corrected chi connectivity index (χ3v) is 5.61. The molecule has 1 aromatic rings. The first-order valence-electron chi connectivity index (χ1n) is 6.10. The molecule has 1 atom stereocenters. The minimum atomic E-state index is -3.55. The molecule has 2 heterocycles. The van der Waals surface area contributed by atoms with Gasteiger partial charge in [-0.15, -0.1) is 12.4 Å². The minimum Gasteiger partial charge on any atom is -0.327 e. The highest BCUT2D eigenvalue weighted by Crippen LogP contribution is 2.31. The normalized spacial score (nSPS) is 23.1. The van der Waals surface area contributed by atoms with Crippen LogP contribution in [0.15, 0.2) is 23.4 Å². The van der Waals surface area contributed by atoms with Crippen molar-refractivity contribution in [2.45, 2.75) is 31.2 Å². The van der Waals surface area contributed by atoms with Gasteiger partial charge in [-0.05, 0) is 17.9 Å². The molecule has 20 heavy (non-hydrogen) atoms. The molecule has 1 aliphatic rings. The molecule has 0 saturated carbocycles. The Morgan fingerprint density at radius 1 is 1.45 bits per heavy atom. The third kappa shape index (κ3) is 3.43. The highest BCUT2D eigenvalue weighted by Gasteiger charge is 2.38. The zero-order chi connectivity index (χ0) is 14.3. The van der Waals surface area contributed by atoms with E-state index in [2.05, 4.69) is 4.98 Å². The van der Waals surface area contributed by atoms with E-state index in [0.29, 0.717) is 24.5 Å². The van der Waals surface area contributed by atoms with Crippen molar-refractivity contribution >= 4 is 34.0 Å². The number of pyridine rings is 1. The van der Waals surface area contributed by atoms with Crippen molar-refractivity contribution in [1.29, 1.82) is 0 Å². The number of nitrogens with two attached hydrogens (primary N) is 1. The zero-order valence-electron chi connectivity index (χ0n) is 11.4. The number of sulfonamides is 1. The van der Waals surface area contributed by atoms with Crippen molar-refractivity contribution in [3.63, 3.8) is 0 Å². The fourth-order valence-electron chi connectivity index (χ4n) is 2.21. The molecule has 0 spiro atoms. The summed E-state index contributed by atoms with van der Waals surface area (Å²) in [5.41, 5.74) is 5.79. The molecule has 1 aromatic heterocycles. The van der Waals surface area contributed by atoms with Gasteiger partial charge in [0, 0.05) is 31.5 Å². The maximum atomic E-state index is 12.5. The zero-order valence-corrected chi connectivity index (χ0v) is 13.8. The lowest BCUT2D eigenvalue weighted by Crippen LogP contribution is -2.53. The summed E-state index contributed by atoms with van der Waals surface area (Å²) in [6, 6.07) is 1.43. The van der Waals surface area contributed by atoms with Crippen molar-refractivity contribution in [2.24, 2.45) is 11.1 Å². The molecule has 0 amide bonds. The van der Waals surface area contributed by atoms with Crippen molar-refractivity contribution in [3.05, 3.63) is 23.5 Å². The predicted octanol–water partition coefficient (Wildman–Crippen LogP) is 1.90. The number of halogens is 2. The summed E-state index contributed by atoms with van der Waals surface area (Å²) in [6.07, 6.45) is 3.39. The number of hydrogen-bond donors (Lipinski definition) is 1. The monoisotopic (exact) mass is 339 g/mol. The van der Waals surface area contributed by atoms with E-state index < -0.39 is 10.0 Å². The van der Waals surface area contributed by atoms with E-state index in [9.17, 15) is 8.42 Å². The van der Waals surface area contributed by atoms with Crippen LogP contribution in [0.4, 0.5) is 0 Å². The van der Waals surface area contributed by atoms with E-state index in [1.807, 2.05) is 13.8 Å². The average Bonchev–Trinajstić information content (AvgIpc) is 2.32. The Labute approximate surface area is 131 Å². The second kappa shape index (κ2) is 6.15. The summed E-state index contributed by atoms with van der Waals surface area (Å²) in [5, 5.41) is 0.314. The lowest BCUT2D eigenvalue weighted by molar-refractivity contribution is 0.155. The topological polar surface area (TPSA) is 76.3 Å². The molecule has 0 bridgehead atoms. The Hall–Kier alpha value is -0.400. The lowest BCUT2D eigenvalue weighted by atomic mass is 9.81. The maximum Gasteiger partial charge on any atom is 0.244 e. The van der Waals surface area contributed by atoms with Gasteiger partial charge < -0.3 is 5.73 Å². The van der Waals surface area contributed by atoms with Crippen molar-refractivity contribution in [1.82, 2.24) is 9.29 Å². The molecule has 114 valence electrons. The maximum absolute atomic E-state index is 12.5. The van der Waals surface area contributed by atoms with Crippen LogP contribution in [0.25, 0.3) is 0 Å². The van der Waals surface area contributed by atoms with Crippen LogP contribution in [-0.2, 0) is 10.0 Å². The number of piperidine rings is 1. The van der Waals surface area contributed by atoms with Gasteiger partial charge in [0.25, 0.3) is 0 Å². The highest BCUT2D eigenvalue weighted by atomic mass is 35.5. The molecule has 8 heteroatoms. The minimum absolute atomic E-state index is 0. The van der Waals surface area contributed by atoms with Crippen molar-refractivity contribution < 1.29 is 8.42 Å². The molecule has 0 aliphatic carbocycles. The first kappa shape index (κ1) is 17.7. The number of hydrogen-bond acceptors (Lipinski definition) is 4. The van der Waals surface area contributed by atoms with Crippen LogP contribution in [0.3, 0.4) is 0 Å². The first-order chi connectivity index (χ1) is 8.73. The van der Waals surface area contributed by atoms with Gasteiger partial charge in [0.05, 0.1) is 5.02 Å². The van der Waals surface area contributed by atoms with Crippen LogP contribution < -0.4 is 5.73 Å². The summed E-state index contributed by atoms with van der Waals surface area (Å²) in [4.78, 5) is 3.96. The van der Waals surface area contributed by atoms with E-state index in [1.165, 1.54) is 22.8 Å².